The van der Waals surface area contributed by atoms with Gasteiger partial charge in [-0.1, -0.05) is 12.1 Å². The van der Waals surface area contributed by atoms with Gasteiger partial charge in [0.1, 0.15) is 5.75 Å². The van der Waals surface area contributed by atoms with Crippen molar-refractivity contribution in [2.75, 3.05) is 14.2 Å². The quantitative estimate of drug-likeness (QED) is 0.880. The molecular weight excluding hydrogens is 316 g/mol. The van der Waals surface area contributed by atoms with Crippen LogP contribution >= 0.6 is 15.9 Å². The van der Waals surface area contributed by atoms with Crippen molar-refractivity contribution in [2.45, 2.75) is 18.9 Å². The van der Waals surface area contributed by atoms with E-state index in [0.717, 1.165) is 23.1 Å². The van der Waals surface area contributed by atoms with Crippen molar-refractivity contribution in [3.63, 3.8) is 0 Å². The number of rotatable bonds is 6. The van der Waals surface area contributed by atoms with Crippen LogP contribution < -0.4 is 10.1 Å². The summed E-state index contributed by atoms with van der Waals surface area (Å²) >= 11 is 3.53. The number of halogens is 1. The molecule has 1 aromatic heterocycles. The first-order valence-corrected chi connectivity index (χ1v) is 7.41. The van der Waals surface area contributed by atoms with Crippen LogP contribution in [0.1, 0.15) is 11.1 Å². The fourth-order valence-corrected chi connectivity index (χ4v) is 2.79. The molecule has 2 aromatic rings. The number of nitrogens with one attached hydrogen (secondary N) is 1. The second kappa shape index (κ2) is 7.41. The fraction of sp³-hybridized carbons (Fsp3) is 0.312. The Labute approximate surface area is 128 Å². The number of nitrogens with zero attached hydrogens (tertiary/aromatic N) is 1. The predicted octanol–water partition coefficient (Wildman–Crippen LogP) is 3.23. The van der Waals surface area contributed by atoms with Crippen molar-refractivity contribution < 1.29 is 4.74 Å². The Hall–Kier alpha value is -1.39. The number of likely N-dealkylation sites (N-methyl/N-ethyl adjacent to an activating group) is 1. The molecule has 1 heterocycles. The highest BCUT2D eigenvalue weighted by Gasteiger charge is 2.10. The minimum atomic E-state index is 0.388. The molecule has 0 amide bonds. The summed E-state index contributed by atoms with van der Waals surface area (Å²) in [7, 11) is 3.68. The summed E-state index contributed by atoms with van der Waals surface area (Å²) in [6.45, 7) is 0. The SMILES string of the molecule is CNC(Cc1cccnc1)Cc1ccc(OC)c(Br)c1. The molecule has 1 unspecified atom stereocenters. The molecule has 0 radical (unpaired) electrons. The van der Waals surface area contributed by atoms with Crippen molar-refractivity contribution in [1.29, 1.82) is 0 Å². The fourth-order valence-electron chi connectivity index (χ4n) is 2.20. The summed E-state index contributed by atoms with van der Waals surface area (Å²) in [5.74, 6) is 0.863. The van der Waals surface area contributed by atoms with Crippen molar-refractivity contribution in [1.82, 2.24) is 10.3 Å². The van der Waals surface area contributed by atoms with Crippen LogP contribution in [0.25, 0.3) is 0 Å². The van der Waals surface area contributed by atoms with E-state index >= 15 is 0 Å². The van der Waals surface area contributed by atoms with Crippen LogP contribution in [-0.4, -0.2) is 25.2 Å². The van der Waals surface area contributed by atoms with Gasteiger partial charge in [0, 0.05) is 18.4 Å². The van der Waals surface area contributed by atoms with E-state index in [1.165, 1.54) is 11.1 Å². The zero-order chi connectivity index (χ0) is 14.4. The van der Waals surface area contributed by atoms with Crippen LogP contribution in [0, 0.1) is 0 Å². The number of hydrogen-bond acceptors (Lipinski definition) is 3. The molecule has 0 saturated carbocycles. The van der Waals surface area contributed by atoms with Gasteiger partial charge in [-0.05, 0) is 65.1 Å². The van der Waals surface area contributed by atoms with Crippen LogP contribution in [0.5, 0.6) is 5.75 Å². The minimum absolute atomic E-state index is 0.388. The molecular formula is C16H19BrN2O. The topological polar surface area (TPSA) is 34.2 Å². The monoisotopic (exact) mass is 334 g/mol. The highest BCUT2D eigenvalue weighted by Crippen LogP contribution is 2.26. The van der Waals surface area contributed by atoms with Crippen molar-refractivity contribution >= 4 is 15.9 Å². The Morgan fingerprint density at radius 3 is 2.65 bits per heavy atom. The summed E-state index contributed by atoms with van der Waals surface area (Å²) in [6.07, 6.45) is 5.66. The highest BCUT2D eigenvalue weighted by atomic mass is 79.9. The van der Waals surface area contributed by atoms with Gasteiger partial charge in [0.25, 0.3) is 0 Å². The third kappa shape index (κ3) is 4.05. The number of benzene rings is 1. The first-order valence-electron chi connectivity index (χ1n) is 6.61. The lowest BCUT2D eigenvalue weighted by Crippen LogP contribution is -2.29. The van der Waals surface area contributed by atoms with Crippen molar-refractivity contribution in [3.8, 4) is 5.75 Å². The number of aromatic nitrogens is 1. The normalized spacial score (nSPS) is 12.2. The zero-order valence-electron chi connectivity index (χ0n) is 11.8. The Kier molecular flexibility index (Phi) is 5.56. The van der Waals surface area contributed by atoms with E-state index in [9.17, 15) is 0 Å². The van der Waals surface area contributed by atoms with Gasteiger partial charge in [-0.3, -0.25) is 4.98 Å². The van der Waals surface area contributed by atoms with Gasteiger partial charge in [0.05, 0.1) is 11.6 Å². The third-order valence-electron chi connectivity index (χ3n) is 3.31. The lowest BCUT2D eigenvalue weighted by Gasteiger charge is -2.17. The molecule has 1 atom stereocenters. The molecule has 0 aliphatic carbocycles. The van der Waals surface area contributed by atoms with Crippen molar-refractivity contribution in [2.24, 2.45) is 0 Å². The van der Waals surface area contributed by atoms with Gasteiger partial charge < -0.3 is 10.1 Å². The molecule has 0 aliphatic heterocycles. The molecule has 0 bridgehead atoms. The maximum absolute atomic E-state index is 5.26. The average molecular weight is 335 g/mol. The second-order valence-electron chi connectivity index (χ2n) is 4.72. The molecule has 20 heavy (non-hydrogen) atoms. The molecule has 0 saturated heterocycles. The van der Waals surface area contributed by atoms with Gasteiger partial charge in [-0.2, -0.15) is 0 Å². The molecule has 3 nitrogen and oxygen atoms in total. The average Bonchev–Trinajstić information content (AvgIpc) is 2.48. The van der Waals surface area contributed by atoms with Gasteiger partial charge in [-0.25, -0.2) is 0 Å². The molecule has 1 N–H and O–H groups in total. The number of ether oxygens (including phenoxy) is 1. The third-order valence-corrected chi connectivity index (χ3v) is 3.93. The van der Waals surface area contributed by atoms with E-state index in [1.807, 2.05) is 25.4 Å². The molecule has 1 aromatic carbocycles. The molecule has 106 valence electrons. The summed E-state index contributed by atoms with van der Waals surface area (Å²) < 4.78 is 6.25. The zero-order valence-corrected chi connectivity index (χ0v) is 13.4. The number of methoxy groups -OCH3 is 1. The molecule has 0 spiro atoms. The van der Waals surface area contributed by atoms with Gasteiger partial charge >= 0.3 is 0 Å². The summed E-state index contributed by atoms with van der Waals surface area (Å²) in [5, 5.41) is 3.37. The highest BCUT2D eigenvalue weighted by molar-refractivity contribution is 9.10. The first-order chi connectivity index (χ1) is 9.72. The Morgan fingerprint density at radius 1 is 1.25 bits per heavy atom. The summed E-state index contributed by atoms with van der Waals surface area (Å²) in [5.41, 5.74) is 2.53. The standard InChI is InChI=1S/C16H19BrN2O/c1-18-14(9-13-4-3-7-19-11-13)8-12-5-6-16(20-2)15(17)10-12/h3-7,10-11,14,18H,8-9H2,1-2H3. The Bertz CT molecular complexity index is 545. The molecule has 2 rings (SSSR count). The molecule has 0 aliphatic rings. The number of hydrogen-bond donors (Lipinski definition) is 1. The van der Waals surface area contributed by atoms with Gasteiger partial charge in [-0.15, -0.1) is 0 Å². The van der Waals surface area contributed by atoms with Gasteiger partial charge in [0.2, 0.25) is 0 Å². The maximum Gasteiger partial charge on any atom is 0.133 e. The second-order valence-corrected chi connectivity index (χ2v) is 5.58. The lowest BCUT2D eigenvalue weighted by atomic mass is 10.00. The Balaban J connectivity index is 2.04. The minimum Gasteiger partial charge on any atom is -0.496 e. The van der Waals surface area contributed by atoms with Crippen molar-refractivity contribution in [3.05, 3.63) is 58.3 Å². The van der Waals surface area contributed by atoms with Gasteiger partial charge in [0.15, 0.2) is 0 Å². The van der Waals surface area contributed by atoms with Crippen LogP contribution in [0.4, 0.5) is 0 Å². The van der Waals surface area contributed by atoms with E-state index in [4.69, 9.17) is 4.74 Å². The summed E-state index contributed by atoms with van der Waals surface area (Å²) in [6, 6.07) is 10.7. The maximum atomic E-state index is 5.26. The summed E-state index contributed by atoms with van der Waals surface area (Å²) in [4.78, 5) is 4.16. The molecule has 0 fully saturated rings. The van der Waals surface area contributed by atoms with Crippen LogP contribution in [0.15, 0.2) is 47.2 Å². The van der Waals surface area contributed by atoms with E-state index in [-0.39, 0.29) is 0 Å². The van der Waals surface area contributed by atoms with Crippen LogP contribution in [-0.2, 0) is 12.8 Å². The Morgan fingerprint density at radius 2 is 2.05 bits per heavy atom. The van der Waals surface area contributed by atoms with E-state index < -0.39 is 0 Å². The number of pyridine rings is 1. The van der Waals surface area contributed by atoms with Crippen LogP contribution in [0.3, 0.4) is 0 Å². The lowest BCUT2D eigenvalue weighted by molar-refractivity contribution is 0.412. The van der Waals surface area contributed by atoms with Crippen LogP contribution in [0.2, 0.25) is 0 Å². The van der Waals surface area contributed by atoms with E-state index in [2.05, 4.69) is 44.4 Å². The van der Waals surface area contributed by atoms with E-state index in [1.54, 1.807) is 13.3 Å². The largest absolute Gasteiger partial charge is 0.496 e. The molecule has 4 heteroatoms. The smallest absolute Gasteiger partial charge is 0.133 e. The van der Waals surface area contributed by atoms with E-state index in [0.29, 0.717) is 6.04 Å². The first kappa shape index (κ1) is 15.0. The predicted molar refractivity (Wildman–Crippen MR) is 85.2 cm³/mol.